The van der Waals surface area contributed by atoms with Crippen molar-refractivity contribution in [2.75, 3.05) is 38.3 Å². The van der Waals surface area contributed by atoms with Gasteiger partial charge in [0.05, 0.1) is 25.9 Å². The van der Waals surface area contributed by atoms with Gasteiger partial charge in [-0.1, -0.05) is 35.5 Å². The van der Waals surface area contributed by atoms with E-state index in [0.29, 0.717) is 28.8 Å². The van der Waals surface area contributed by atoms with Crippen LogP contribution in [0.2, 0.25) is 0 Å². The number of ether oxygens (including phenoxy) is 2. The Kier molecular flexibility index (Phi) is 4.90. The highest BCUT2D eigenvalue weighted by atomic mass is 16.5. The second kappa shape index (κ2) is 8.00. The maximum Gasteiger partial charge on any atom is 0.253 e. The smallest absolute Gasteiger partial charge is 0.253 e. The van der Waals surface area contributed by atoms with Gasteiger partial charge in [-0.2, -0.15) is 0 Å². The van der Waals surface area contributed by atoms with Crippen LogP contribution in [-0.4, -0.2) is 48.8 Å². The molecule has 0 aliphatic carbocycles. The van der Waals surface area contributed by atoms with Crippen LogP contribution in [0.25, 0.3) is 34.2 Å². The van der Waals surface area contributed by atoms with E-state index in [9.17, 15) is 0 Å². The van der Waals surface area contributed by atoms with Crippen LogP contribution in [0.4, 0.5) is 5.69 Å². The normalized spacial score (nSPS) is 14.1. The van der Waals surface area contributed by atoms with Crippen molar-refractivity contribution in [3.05, 3.63) is 54.8 Å². The molecule has 1 saturated heterocycles. The Morgan fingerprint density at radius 2 is 1.70 bits per heavy atom. The molecule has 30 heavy (non-hydrogen) atoms. The molecule has 5 rings (SSSR count). The van der Waals surface area contributed by atoms with E-state index in [4.69, 9.17) is 18.4 Å². The van der Waals surface area contributed by atoms with E-state index >= 15 is 0 Å². The molecule has 1 aliphatic heterocycles. The lowest BCUT2D eigenvalue weighted by molar-refractivity contribution is 0.122. The van der Waals surface area contributed by atoms with Crippen LogP contribution >= 0.6 is 0 Å². The van der Waals surface area contributed by atoms with Gasteiger partial charge in [0.1, 0.15) is 23.3 Å². The fourth-order valence-electron chi connectivity index (χ4n) is 3.51. The standard InChI is InChI=1S/C22H20N4O4/c1-27-19-13-16(26-9-11-28-12-10-26)7-8-17(19)21-23-24-22(30-21)18-14-29-25-20(18)15-5-3-2-4-6-15/h2-8,13-14H,9-12H2,1H3. The highest BCUT2D eigenvalue weighted by molar-refractivity contribution is 5.76. The van der Waals surface area contributed by atoms with Crippen molar-refractivity contribution in [1.82, 2.24) is 15.4 Å². The minimum absolute atomic E-state index is 0.337. The van der Waals surface area contributed by atoms with E-state index in [1.807, 2.05) is 48.5 Å². The van der Waals surface area contributed by atoms with Gasteiger partial charge >= 0.3 is 0 Å². The first kappa shape index (κ1) is 18.4. The fourth-order valence-corrected chi connectivity index (χ4v) is 3.51. The van der Waals surface area contributed by atoms with Crippen molar-refractivity contribution in [3.8, 4) is 39.9 Å². The summed E-state index contributed by atoms with van der Waals surface area (Å²) in [7, 11) is 1.63. The van der Waals surface area contributed by atoms with Crippen molar-refractivity contribution in [2.24, 2.45) is 0 Å². The number of aromatic nitrogens is 3. The lowest BCUT2D eigenvalue weighted by Crippen LogP contribution is -2.36. The summed E-state index contributed by atoms with van der Waals surface area (Å²) >= 11 is 0. The zero-order chi connectivity index (χ0) is 20.3. The fraction of sp³-hybridized carbons (Fsp3) is 0.227. The predicted molar refractivity (Wildman–Crippen MR) is 110 cm³/mol. The zero-order valence-corrected chi connectivity index (χ0v) is 16.4. The molecule has 8 heteroatoms. The Bertz CT molecular complexity index is 1130. The van der Waals surface area contributed by atoms with Gasteiger partial charge in [0.15, 0.2) is 0 Å². The summed E-state index contributed by atoms with van der Waals surface area (Å²) in [6.45, 7) is 3.14. The van der Waals surface area contributed by atoms with Gasteiger partial charge in [-0.3, -0.25) is 0 Å². The molecule has 2 aromatic heterocycles. The van der Waals surface area contributed by atoms with Crippen LogP contribution in [0.5, 0.6) is 5.75 Å². The summed E-state index contributed by atoms with van der Waals surface area (Å²) in [5.41, 5.74) is 4.01. The number of hydrogen-bond acceptors (Lipinski definition) is 8. The van der Waals surface area contributed by atoms with Crippen LogP contribution in [0.15, 0.2) is 63.7 Å². The highest BCUT2D eigenvalue weighted by Gasteiger charge is 2.21. The summed E-state index contributed by atoms with van der Waals surface area (Å²) in [5.74, 6) is 1.38. The van der Waals surface area contributed by atoms with E-state index in [-0.39, 0.29) is 0 Å². The van der Waals surface area contributed by atoms with E-state index in [1.165, 1.54) is 6.26 Å². The molecule has 3 heterocycles. The SMILES string of the molecule is COc1cc(N2CCOCC2)ccc1-c1nnc(-c2conc2-c2ccccc2)o1. The Labute approximate surface area is 173 Å². The first-order chi connectivity index (χ1) is 14.8. The van der Waals surface area contributed by atoms with Gasteiger partial charge < -0.3 is 23.3 Å². The Morgan fingerprint density at radius 3 is 2.47 bits per heavy atom. The van der Waals surface area contributed by atoms with Gasteiger partial charge in [0, 0.05) is 30.4 Å². The quantitative estimate of drug-likeness (QED) is 0.495. The average Bonchev–Trinajstić information content (AvgIpc) is 3.49. The van der Waals surface area contributed by atoms with Crippen LogP contribution in [-0.2, 0) is 4.74 Å². The number of anilines is 1. The predicted octanol–water partition coefficient (Wildman–Crippen LogP) is 3.90. The van der Waals surface area contributed by atoms with Crippen LogP contribution in [0.3, 0.4) is 0 Å². The maximum absolute atomic E-state index is 5.97. The molecule has 1 aliphatic rings. The molecule has 152 valence electrons. The summed E-state index contributed by atoms with van der Waals surface area (Å²) in [5, 5.41) is 12.5. The summed E-state index contributed by atoms with van der Waals surface area (Å²) in [4.78, 5) is 2.26. The molecular weight excluding hydrogens is 384 g/mol. The minimum atomic E-state index is 0.337. The van der Waals surface area contributed by atoms with Crippen molar-refractivity contribution in [2.45, 2.75) is 0 Å². The van der Waals surface area contributed by atoms with Crippen LogP contribution in [0.1, 0.15) is 0 Å². The number of methoxy groups -OCH3 is 1. The molecule has 0 N–H and O–H groups in total. The van der Waals surface area contributed by atoms with Gasteiger partial charge in [-0.25, -0.2) is 0 Å². The van der Waals surface area contributed by atoms with Gasteiger partial charge in [-0.15, -0.1) is 10.2 Å². The van der Waals surface area contributed by atoms with E-state index in [0.717, 1.165) is 43.1 Å². The van der Waals surface area contributed by atoms with Crippen molar-refractivity contribution in [1.29, 1.82) is 0 Å². The molecule has 0 atom stereocenters. The molecular formula is C22H20N4O4. The number of morpholine rings is 1. The Morgan fingerprint density at radius 1 is 0.933 bits per heavy atom. The minimum Gasteiger partial charge on any atom is -0.496 e. The van der Waals surface area contributed by atoms with Gasteiger partial charge in [-0.05, 0) is 12.1 Å². The van der Waals surface area contributed by atoms with Crippen molar-refractivity contribution >= 4 is 5.69 Å². The Hall–Kier alpha value is -3.65. The van der Waals surface area contributed by atoms with E-state index in [1.54, 1.807) is 7.11 Å². The van der Waals surface area contributed by atoms with Gasteiger partial charge in [0.25, 0.3) is 11.8 Å². The molecule has 0 saturated carbocycles. The molecule has 0 unspecified atom stereocenters. The van der Waals surface area contributed by atoms with Gasteiger partial charge in [0.2, 0.25) is 0 Å². The molecule has 1 fully saturated rings. The molecule has 4 aromatic rings. The first-order valence-electron chi connectivity index (χ1n) is 9.68. The number of benzene rings is 2. The summed E-state index contributed by atoms with van der Waals surface area (Å²) in [6.07, 6.45) is 1.51. The molecule has 8 nitrogen and oxygen atoms in total. The first-order valence-corrected chi connectivity index (χ1v) is 9.68. The number of nitrogens with zero attached hydrogens (tertiary/aromatic N) is 4. The lowest BCUT2D eigenvalue weighted by atomic mass is 10.1. The number of rotatable bonds is 5. The molecule has 2 aromatic carbocycles. The zero-order valence-electron chi connectivity index (χ0n) is 16.4. The van der Waals surface area contributed by atoms with E-state index in [2.05, 4.69) is 20.3 Å². The average molecular weight is 404 g/mol. The highest BCUT2D eigenvalue weighted by Crippen LogP contribution is 2.36. The molecule has 0 spiro atoms. The van der Waals surface area contributed by atoms with Crippen molar-refractivity contribution < 1.29 is 18.4 Å². The second-order valence-corrected chi connectivity index (χ2v) is 6.84. The second-order valence-electron chi connectivity index (χ2n) is 6.84. The summed E-state index contributed by atoms with van der Waals surface area (Å²) in [6, 6.07) is 15.7. The monoisotopic (exact) mass is 404 g/mol. The third-order valence-electron chi connectivity index (χ3n) is 5.06. The maximum atomic E-state index is 5.97. The third-order valence-corrected chi connectivity index (χ3v) is 5.06. The topological polar surface area (TPSA) is 86.7 Å². The molecule has 0 radical (unpaired) electrons. The number of hydrogen-bond donors (Lipinski definition) is 0. The molecule has 0 bridgehead atoms. The van der Waals surface area contributed by atoms with E-state index < -0.39 is 0 Å². The largest absolute Gasteiger partial charge is 0.496 e. The Balaban J connectivity index is 1.47. The molecule has 0 amide bonds. The van der Waals surface area contributed by atoms with Crippen LogP contribution in [0, 0.1) is 0 Å². The van der Waals surface area contributed by atoms with Crippen molar-refractivity contribution in [3.63, 3.8) is 0 Å². The lowest BCUT2D eigenvalue weighted by Gasteiger charge is -2.29. The summed E-state index contributed by atoms with van der Waals surface area (Å²) < 4.78 is 22.2. The third kappa shape index (κ3) is 3.42. The van der Waals surface area contributed by atoms with Crippen LogP contribution < -0.4 is 9.64 Å².